The number of aliphatic carboxylic acids is 1. The van der Waals surface area contributed by atoms with Crippen LogP contribution in [-0.4, -0.2) is 48.3 Å². The summed E-state index contributed by atoms with van der Waals surface area (Å²) in [5.74, 6) is -1.60. The largest absolute Gasteiger partial charge is 0.481 e. The van der Waals surface area contributed by atoms with Crippen LogP contribution in [0, 0.1) is 5.92 Å². The highest BCUT2D eigenvalue weighted by atomic mass is 79.9. The first-order valence-corrected chi connectivity index (χ1v) is 7.70. The minimum atomic E-state index is -0.936. The van der Waals surface area contributed by atoms with Gasteiger partial charge in [0.05, 0.1) is 25.8 Å². The van der Waals surface area contributed by atoms with Gasteiger partial charge in [0.25, 0.3) is 0 Å². The van der Waals surface area contributed by atoms with Crippen molar-refractivity contribution >= 4 is 39.3 Å². The fraction of sp³-hybridized carbons (Fsp3) is 0.500. The molecule has 0 aromatic carbocycles. The summed E-state index contributed by atoms with van der Waals surface area (Å²) in [4.78, 5) is 25.6. The number of halogens is 1. The molecule has 1 aromatic rings. The number of nitrogens with one attached hydrogen (secondary N) is 1. The number of ether oxygens (including phenoxy) is 1. The van der Waals surface area contributed by atoms with E-state index in [1.54, 1.807) is 18.4 Å². The second kappa shape index (κ2) is 6.55. The number of carboxylic acid groups (broad SMARTS) is 1. The third kappa shape index (κ3) is 3.50. The Labute approximate surface area is 128 Å². The number of hydrogen-bond acceptors (Lipinski definition) is 4. The summed E-state index contributed by atoms with van der Waals surface area (Å²) >= 11 is 4.89. The Morgan fingerprint density at radius 1 is 1.60 bits per heavy atom. The van der Waals surface area contributed by atoms with Crippen LogP contribution < -0.4 is 5.32 Å². The summed E-state index contributed by atoms with van der Waals surface area (Å²) in [5, 5.41) is 13.8. The average molecular weight is 363 g/mol. The van der Waals surface area contributed by atoms with Crippen molar-refractivity contribution in [2.45, 2.75) is 12.6 Å². The van der Waals surface area contributed by atoms with Crippen LogP contribution in [0.2, 0.25) is 0 Å². The molecule has 1 aliphatic heterocycles. The van der Waals surface area contributed by atoms with Gasteiger partial charge in [0.15, 0.2) is 0 Å². The molecule has 2 N–H and O–H groups in total. The summed E-state index contributed by atoms with van der Waals surface area (Å²) < 4.78 is 6.14. The molecule has 1 aromatic heterocycles. The lowest BCUT2D eigenvalue weighted by Crippen LogP contribution is -2.48. The van der Waals surface area contributed by atoms with Gasteiger partial charge in [-0.2, -0.15) is 0 Å². The molecule has 110 valence electrons. The predicted octanol–water partition coefficient (Wildman–Crippen LogP) is 1.75. The maximum atomic E-state index is 12.0. The molecule has 20 heavy (non-hydrogen) atoms. The van der Waals surface area contributed by atoms with Crippen LogP contribution in [0.25, 0.3) is 0 Å². The molecule has 2 rings (SSSR count). The van der Waals surface area contributed by atoms with Gasteiger partial charge in [-0.1, -0.05) is 0 Å². The highest BCUT2D eigenvalue weighted by molar-refractivity contribution is 9.10. The zero-order valence-corrected chi connectivity index (χ0v) is 13.2. The predicted molar refractivity (Wildman–Crippen MR) is 77.8 cm³/mol. The summed E-state index contributed by atoms with van der Waals surface area (Å²) in [6.45, 7) is 0.825. The molecule has 2 atom stereocenters. The van der Waals surface area contributed by atoms with Crippen molar-refractivity contribution in [2.75, 3.05) is 20.3 Å². The van der Waals surface area contributed by atoms with Crippen LogP contribution in [0.1, 0.15) is 4.88 Å². The minimum absolute atomic E-state index is 0.148. The van der Waals surface area contributed by atoms with Gasteiger partial charge in [0.2, 0.25) is 0 Å². The Balaban J connectivity index is 1.90. The second-order valence-corrected chi connectivity index (χ2v) is 6.46. The van der Waals surface area contributed by atoms with Crippen LogP contribution in [0.15, 0.2) is 15.9 Å². The molecule has 2 unspecified atom stereocenters. The Hall–Kier alpha value is -1.12. The number of urea groups is 1. The molecule has 0 saturated carbocycles. The van der Waals surface area contributed by atoms with Gasteiger partial charge in [0, 0.05) is 21.8 Å². The van der Waals surface area contributed by atoms with Gasteiger partial charge in [-0.3, -0.25) is 4.79 Å². The maximum Gasteiger partial charge on any atom is 0.317 e. The number of thiophene rings is 1. The van der Waals surface area contributed by atoms with Gasteiger partial charge in [-0.15, -0.1) is 11.3 Å². The molecule has 2 amide bonds. The Morgan fingerprint density at radius 3 is 2.95 bits per heavy atom. The van der Waals surface area contributed by atoms with E-state index in [4.69, 9.17) is 9.84 Å². The normalized spacial score (nSPS) is 21.7. The topological polar surface area (TPSA) is 78.9 Å². The lowest BCUT2D eigenvalue weighted by molar-refractivity contribution is -0.142. The smallest absolute Gasteiger partial charge is 0.317 e. The lowest BCUT2D eigenvalue weighted by atomic mass is 10.0. The molecule has 1 fully saturated rings. The van der Waals surface area contributed by atoms with Gasteiger partial charge in [-0.25, -0.2) is 4.79 Å². The fourth-order valence-corrected chi connectivity index (χ4v) is 3.44. The van der Waals surface area contributed by atoms with Gasteiger partial charge >= 0.3 is 12.0 Å². The van der Waals surface area contributed by atoms with E-state index < -0.39 is 17.9 Å². The summed E-state index contributed by atoms with van der Waals surface area (Å²) in [5.41, 5.74) is 0. The van der Waals surface area contributed by atoms with Crippen LogP contribution in [0.5, 0.6) is 0 Å². The Kier molecular flexibility index (Phi) is 5.00. The molecule has 1 saturated heterocycles. The number of rotatable bonds is 4. The third-order valence-electron chi connectivity index (χ3n) is 3.22. The SMILES string of the molecule is CN(C(=O)NCc1cc(Br)cs1)C1COCC1C(=O)O. The second-order valence-electron chi connectivity index (χ2n) is 4.55. The van der Waals surface area contributed by atoms with E-state index in [2.05, 4.69) is 21.2 Å². The monoisotopic (exact) mass is 362 g/mol. The van der Waals surface area contributed by atoms with Gasteiger partial charge < -0.3 is 20.1 Å². The summed E-state index contributed by atoms with van der Waals surface area (Å²) in [6, 6.07) is 1.21. The number of nitrogens with zero attached hydrogens (tertiary/aromatic N) is 1. The van der Waals surface area contributed by atoms with Crippen molar-refractivity contribution in [3.8, 4) is 0 Å². The van der Waals surface area contributed by atoms with E-state index in [0.29, 0.717) is 6.54 Å². The molecule has 0 aliphatic carbocycles. The number of hydrogen-bond donors (Lipinski definition) is 2. The molecular weight excluding hydrogens is 348 g/mol. The first-order chi connectivity index (χ1) is 9.49. The van der Waals surface area contributed by atoms with Crippen LogP contribution in [0.3, 0.4) is 0 Å². The summed E-state index contributed by atoms with van der Waals surface area (Å²) in [7, 11) is 1.59. The van der Waals surface area contributed by atoms with Crippen LogP contribution in [-0.2, 0) is 16.1 Å². The third-order valence-corrected chi connectivity index (χ3v) is 4.92. The maximum absolute atomic E-state index is 12.0. The van der Waals surface area contributed by atoms with Crippen molar-refractivity contribution in [3.63, 3.8) is 0 Å². The molecule has 6 nitrogen and oxygen atoms in total. The van der Waals surface area contributed by atoms with E-state index in [1.165, 1.54) is 4.90 Å². The minimum Gasteiger partial charge on any atom is -0.481 e. The number of likely N-dealkylation sites (N-methyl/N-ethyl adjacent to an activating group) is 1. The van der Waals surface area contributed by atoms with Gasteiger partial charge in [-0.05, 0) is 22.0 Å². The zero-order valence-electron chi connectivity index (χ0n) is 10.8. The number of carbonyl (C=O) groups is 2. The molecular formula is C12H15BrN2O4S. The number of carboxylic acids is 1. The quantitative estimate of drug-likeness (QED) is 0.855. The van der Waals surface area contributed by atoms with E-state index in [-0.39, 0.29) is 19.2 Å². The fourth-order valence-electron chi connectivity index (χ4n) is 2.05. The first-order valence-electron chi connectivity index (χ1n) is 6.03. The molecule has 2 heterocycles. The van der Waals surface area contributed by atoms with Gasteiger partial charge in [0.1, 0.15) is 5.92 Å². The highest BCUT2D eigenvalue weighted by Gasteiger charge is 2.38. The van der Waals surface area contributed by atoms with E-state index in [9.17, 15) is 9.59 Å². The molecule has 0 spiro atoms. The zero-order chi connectivity index (χ0) is 14.7. The lowest BCUT2D eigenvalue weighted by Gasteiger charge is -2.26. The molecule has 8 heteroatoms. The standard InChI is InChI=1S/C12H15BrN2O4S/c1-15(10-5-19-4-9(10)11(16)17)12(18)14-3-8-2-7(13)6-20-8/h2,6,9-10H,3-5H2,1H3,(H,14,18)(H,16,17). The van der Waals surface area contributed by atoms with Crippen molar-refractivity contribution in [1.29, 1.82) is 0 Å². The highest BCUT2D eigenvalue weighted by Crippen LogP contribution is 2.21. The molecule has 1 aliphatic rings. The van der Waals surface area contributed by atoms with Crippen molar-refractivity contribution in [3.05, 3.63) is 20.8 Å². The molecule has 0 radical (unpaired) electrons. The number of amides is 2. The number of carbonyl (C=O) groups excluding carboxylic acids is 1. The van der Waals surface area contributed by atoms with E-state index in [0.717, 1.165) is 9.35 Å². The van der Waals surface area contributed by atoms with Crippen LogP contribution in [0.4, 0.5) is 4.79 Å². The first kappa shape index (κ1) is 15.3. The summed E-state index contributed by atoms with van der Waals surface area (Å²) in [6.07, 6.45) is 0. The average Bonchev–Trinajstić information content (AvgIpc) is 3.03. The van der Waals surface area contributed by atoms with E-state index >= 15 is 0 Å². The van der Waals surface area contributed by atoms with E-state index in [1.807, 2.05) is 11.4 Å². The van der Waals surface area contributed by atoms with Crippen LogP contribution >= 0.6 is 27.3 Å². The van der Waals surface area contributed by atoms with Crippen molar-refractivity contribution in [1.82, 2.24) is 10.2 Å². The Bertz CT molecular complexity index is 507. The Morgan fingerprint density at radius 2 is 2.35 bits per heavy atom. The van der Waals surface area contributed by atoms with Crippen molar-refractivity contribution < 1.29 is 19.4 Å². The van der Waals surface area contributed by atoms with Crippen molar-refractivity contribution in [2.24, 2.45) is 5.92 Å². The molecule has 0 bridgehead atoms.